The standard InChI is InChI=1S/C20H27N3O3.ClH/c1-14-20(25)23(17-4-2-3-5-18(17)26-14)11-8-19(24)22-9-6-15-12-21-13-16(15)7-10-22;/h2-5,14-16,21H,6-13H2,1H3;1H/t14?,15-,16+;. The first-order valence-corrected chi connectivity index (χ1v) is 9.69. The van der Waals surface area contributed by atoms with Crippen molar-refractivity contribution < 1.29 is 14.3 Å². The molecule has 3 aliphatic rings. The Kier molecular flexibility index (Phi) is 6.27. The highest BCUT2D eigenvalue weighted by Gasteiger charge is 2.33. The van der Waals surface area contributed by atoms with Crippen molar-refractivity contribution in [3.05, 3.63) is 24.3 Å². The lowest BCUT2D eigenvalue weighted by atomic mass is 9.92. The number of nitrogens with zero attached hydrogens (tertiary/aromatic N) is 2. The molecule has 0 aliphatic carbocycles. The number of hydrogen-bond acceptors (Lipinski definition) is 4. The van der Waals surface area contributed by atoms with Crippen LogP contribution in [0.25, 0.3) is 0 Å². The second kappa shape index (κ2) is 8.48. The maximum atomic E-state index is 12.8. The van der Waals surface area contributed by atoms with E-state index in [4.69, 9.17) is 4.74 Å². The predicted molar refractivity (Wildman–Crippen MR) is 106 cm³/mol. The molecule has 1 N–H and O–H groups in total. The Balaban J connectivity index is 0.00000210. The number of fused-ring (bicyclic) bond motifs is 2. The molecule has 148 valence electrons. The van der Waals surface area contributed by atoms with Crippen molar-refractivity contribution in [2.75, 3.05) is 37.6 Å². The molecule has 3 atom stereocenters. The number of anilines is 1. The third-order valence-corrected chi connectivity index (χ3v) is 5.99. The van der Waals surface area contributed by atoms with Crippen molar-refractivity contribution in [1.82, 2.24) is 10.2 Å². The summed E-state index contributed by atoms with van der Waals surface area (Å²) in [5.41, 5.74) is 0.764. The third kappa shape index (κ3) is 4.06. The number of rotatable bonds is 3. The fourth-order valence-corrected chi connectivity index (χ4v) is 4.42. The van der Waals surface area contributed by atoms with E-state index >= 15 is 0 Å². The highest BCUT2D eigenvalue weighted by Crippen LogP contribution is 2.34. The van der Waals surface area contributed by atoms with Crippen LogP contribution in [0.15, 0.2) is 24.3 Å². The Hall–Kier alpha value is -1.79. The van der Waals surface area contributed by atoms with Crippen molar-refractivity contribution in [2.24, 2.45) is 11.8 Å². The Bertz CT molecular complexity index is 685. The van der Waals surface area contributed by atoms with Gasteiger partial charge < -0.3 is 19.9 Å². The largest absolute Gasteiger partial charge is 0.479 e. The van der Waals surface area contributed by atoms with E-state index in [9.17, 15) is 9.59 Å². The van der Waals surface area contributed by atoms with Crippen LogP contribution in [0.4, 0.5) is 5.69 Å². The Morgan fingerprint density at radius 1 is 1.19 bits per heavy atom. The van der Waals surface area contributed by atoms with Crippen molar-refractivity contribution in [1.29, 1.82) is 0 Å². The monoisotopic (exact) mass is 393 g/mol. The first kappa shape index (κ1) is 20.0. The first-order chi connectivity index (χ1) is 12.6. The molecular weight excluding hydrogens is 366 g/mol. The fraction of sp³-hybridized carbons (Fsp3) is 0.600. The van der Waals surface area contributed by atoms with Gasteiger partial charge in [0, 0.05) is 26.1 Å². The van der Waals surface area contributed by atoms with Crippen molar-refractivity contribution in [3.8, 4) is 5.75 Å². The molecule has 0 spiro atoms. The molecule has 1 aromatic carbocycles. The number of amides is 2. The van der Waals surface area contributed by atoms with Gasteiger partial charge in [-0.2, -0.15) is 0 Å². The summed E-state index contributed by atoms with van der Waals surface area (Å²) in [6, 6.07) is 7.54. The van der Waals surface area contributed by atoms with E-state index in [0.29, 0.717) is 30.6 Å². The molecule has 2 fully saturated rings. The van der Waals surface area contributed by atoms with Crippen molar-refractivity contribution >= 4 is 29.9 Å². The van der Waals surface area contributed by atoms with Gasteiger partial charge in [-0.3, -0.25) is 9.59 Å². The van der Waals surface area contributed by atoms with Gasteiger partial charge in [0.15, 0.2) is 6.10 Å². The molecule has 6 nitrogen and oxygen atoms in total. The van der Waals surface area contributed by atoms with Gasteiger partial charge >= 0.3 is 0 Å². The molecule has 0 saturated carbocycles. The summed E-state index contributed by atoms with van der Waals surface area (Å²) in [5, 5.41) is 3.46. The van der Waals surface area contributed by atoms with E-state index in [1.165, 1.54) is 0 Å². The van der Waals surface area contributed by atoms with Gasteiger partial charge in [0.2, 0.25) is 5.91 Å². The zero-order chi connectivity index (χ0) is 18.1. The van der Waals surface area contributed by atoms with Crippen LogP contribution in [-0.4, -0.2) is 55.5 Å². The van der Waals surface area contributed by atoms with Crippen LogP contribution in [0.3, 0.4) is 0 Å². The Morgan fingerprint density at radius 3 is 2.56 bits per heavy atom. The summed E-state index contributed by atoms with van der Waals surface area (Å²) >= 11 is 0. The lowest BCUT2D eigenvalue weighted by Gasteiger charge is -2.33. The van der Waals surface area contributed by atoms with Crippen molar-refractivity contribution in [3.63, 3.8) is 0 Å². The van der Waals surface area contributed by atoms with E-state index < -0.39 is 6.10 Å². The second-order valence-electron chi connectivity index (χ2n) is 7.60. The maximum Gasteiger partial charge on any atom is 0.267 e. The molecule has 27 heavy (non-hydrogen) atoms. The smallest absolute Gasteiger partial charge is 0.267 e. The molecule has 3 heterocycles. The molecule has 0 aromatic heterocycles. The van der Waals surface area contributed by atoms with E-state index in [1.54, 1.807) is 11.8 Å². The molecule has 7 heteroatoms. The zero-order valence-electron chi connectivity index (χ0n) is 15.7. The van der Waals surface area contributed by atoms with E-state index in [0.717, 1.165) is 44.7 Å². The van der Waals surface area contributed by atoms with Gasteiger partial charge in [-0.1, -0.05) is 12.1 Å². The van der Waals surface area contributed by atoms with Gasteiger partial charge in [-0.15, -0.1) is 12.4 Å². The summed E-state index contributed by atoms with van der Waals surface area (Å²) in [5.74, 6) is 2.21. The summed E-state index contributed by atoms with van der Waals surface area (Å²) in [6.07, 6.45) is 2.02. The predicted octanol–water partition coefficient (Wildman–Crippen LogP) is 2.07. The Labute approximate surface area is 166 Å². The summed E-state index contributed by atoms with van der Waals surface area (Å²) in [4.78, 5) is 29.0. The van der Waals surface area contributed by atoms with E-state index in [2.05, 4.69) is 5.32 Å². The number of likely N-dealkylation sites (tertiary alicyclic amines) is 1. The number of para-hydroxylation sites is 2. The normalized spacial score (nSPS) is 27.1. The minimum atomic E-state index is -0.509. The highest BCUT2D eigenvalue weighted by molar-refractivity contribution is 6.00. The molecule has 2 saturated heterocycles. The van der Waals surface area contributed by atoms with Crippen molar-refractivity contribution in [2.45, 2.75) is 32.3 Å². The lowest BCUT2D eigenvalue weighted by Crippen LogP contribution is -2.46. The number of ether oxygens (including phenoxy) is 1. The molecule has 2 amide bonds. The topological polar surface area (TPSA) is 61.9 Å². The molecule has 0 radical (unpaired) electrons. The quantitative estimate of drug-likeness (QED) is 0.854. The van der Waals surface area contributed by atoms with Crippen LogP contribution in [-0.2, 0) is 9.59 Å². The molecule has 0 bridgehead atoms. The highest BCUT2D eigenvalue weighted by atomic mass is 35.5. The number of halogens is 1. The van der Waals surface area contributed by atoms with E-state index in [-0.39, 0.29) is 24.2 Å². The van der Waals surface area contributed by atoms with Gasteiger partial charge in [0.1, 0.15) is 5.75 Å². The minimum Gasteiger partial charge on any atom is -0.479 e. The van der Waals surface area contributed by atoms with Crippen LogP contribution in [0.2, 0.25) is 0 Å². The van der Waals surface area contributed by atoms with Gasteiger partial charge in [0.25, 0.3) is 5.91 Å². The second-order valence-corrected chi connectivity index (χ2v) is 7.60. The van der Waals surface area contributed by atoms with Gasteiger partial charge in [0.05, 0.1) is 5.69 Å². The summed E-state index contributed by atoms with van der Waals surface area (Å²) in [6.45, 7) is 6.02. The molecule has 3 aliphatic heterocycles. The first-order valence-electron chi connectivity index (χ1n) is 9.69. The average Bonchev–Trinajstić information content (AvgIpc) is 3.00. The maximum absolute atomic E-state index is 12.8. The number of hydrogen-bond donors (Lipinski definition) is 1. The number of nitrogens with one attached hydrogen (secondary N) is 1. The van der Waals surface area contributed by atoms with Crippen LogP contribution < -0.4 is 15.0 Å². The molecule has 1 unspecified atom stereocenters. The average molecular weight is 394 g/mol. The number of carbonyl (C=O) groups is 2. The fourth-order valence-electron chi connectivity index (χ4n) is 4.42. The summed E-state index contributed by atoms with van der Waals surface area (Å²) < 4.78 is 5.66. The zero-order valence-corrected chi connectivity index (χ0v) is 16.5. The third-order valence-electron chi connectivity index (χ3n) is 5.99. The Morgan fingerprint density at radius 2 is 1.85 bits per heavy atom. The van der Waals surface area contributed by atoms with Crippen LogP contribution in [0.1, 0.15) is 26.2 Å². The molecular formula is C20H28ClN3O3. The lowest BCUT2D eigenvalue weighted by molar-refractivity contribution is -0.131. The van der Waals surface area contributed by atoms with Gasteiger partial charge in [-0.25, -0.2) is 0 Å². The van der Waals surface area contributed by atoms with Crippen LogP contribution in [0, 0.1) is 11.8 Å². The summed E-state index contributed by atoms with van der Waals surface area (Å²) in [7, 11) is 0. The molecule has 1 aromatic rings. The number of benzene rings is 1. The van der Waals surface area contributed by atoms with Gasteiger partial charge in [-0.05, 0) is 56.8 Å². The van der Waals surface area contributed by atoms with Crippen LogP contribution >= 0.6 is 12.4 Å². The van der Waals surface area contributed by atoms with Crippen LogP contribution in [0.5, 0.6) is 5.75 Å². The SMILES string of the molecule is CC1Oc2ccccc2N(CCC(=O)N2CC[C@@H]3CNC[C@@H]3CC2)C1=O.Cl. The van der Waals surface area contributed by atoms with E-state index in [1.807, 2.05) is 29.2 Å². The number of carbonyl (C=O) groups excluding carboxylic acids is 2. The minimum absolute atomic E-state index is 0. The molecule has 4 rings (SSSR count).